The molecular formula is C15H14F3NO. The summed E-state index contributed by atoms with van der Waals surface area (Å²) in [6, 6.07) is 13.7. The molecule has 20 heavy (non-hydrogen) atoms. The van der Waals surface area contributed by atoms with E-state index in [0.29, 0.717) is 6.54 Å². The normalized spacial score (nSPS) is 11.2. The Bertz CT molecular complexity index is 547. The van der Waals surface area contributed by atoms with E-state index in [4.69, 9.17) is 0 Å². The molecule has 0 spiro atoms. The molecule has 2 rings (SSSR count). The zero-order chi connectivity index (χ0) is 14.6. The number of benzene rings is 2. The Balaban J connectivity index is 1.92. The molecule has 0 saturated carbocycles. The van der Waals surface area contributed by atoms with Crippen LogP contribution in [0.3, 0.4) is 0 Å². The van der Waals surface area contributed by atoms with Crippen LogP contribution in [0.15, 0.2) is 48.5 Å². The van der Waals surface area contributed by atoms with Gasteiger partial charge in [-0.15, -0.1) is 13.2 Å². The van der Waals surface area contributed by atoms with Crippen LogP contribution in [0.2, 0.25) is 0 Å². The molecule has 0 aliphatic carbocycles. The molecule has 1 N–H and O–H groups in total. The smallest absolute Gasteiger partial charge is 0.406 e. The van der Waals surface area contributed by atoms with E-state index in [9.17, 15) is 13.2 Å². The number of hydrogen-bond acceptors (Lipinski definition) is 2. The van der Waals surface area contributed by atoms with Gasteiger partial charge in [-0.25, -0.2) is 0 Å². The van der Waals surface area contributed by atoms with Crippen LogP contribution in [0.1, 0.15) is 11.1 Å². The fourth-order valence-corrected chi connectivity index (χ4v) is 1.68. The highest BCUT2D eigenvalue weighted by Crippen LogP contribution is 2.23. The molecule has 5 heteroatoms. The summed E-state index contributed by atoms with van der Waals surface area (Å²) in [7, 11) is 0. The Morgan fingerprint density at radius 2 is 1.55 bits per heavy atom. The van der Waals surface area contributed by atoms with Gasteiger partial charge in [-0.05, 0) is 36.8 Å². The van der Waals surface area contributed by atoms with Gasteiger partial charge in [-0.1, -0.05) is 29.8 Å². The van der Waals surface area contributed by atoms with Crippen molar-refractivity contribution in [3.8, 4) is 5.75 Å². The topological polar surface area (TPSA) is 21.3 Å². The van der Waals surface area contributed by atoms with E-state index in [2.05, 4.69) is 10.1 Å². The Hall–Kier alpha value is -2.17. The van der Waals surface area contributed by atoms with E-state index in [-0.39, 0.29) is 5.75 Å². The quantitative estimate of drug-likeness (QED) is 0.890. The van der Waals surface area contributed by atoms with Crippen molar-refractivity contribution in [2.24, 2.45) is 0 Å². The molecule has 0 aliphatic rings. The zero-order valence-corrected chi connectivity index (χ0v) is 10.9. The minimum absolute atomic E-state index is 0.211. The van der Waals surface area contributed by atoms with Crippen LogP contribution in [-0.2, 0) is 6.54 Å². The molecule has 2 aromatic carbocycles. The molecule has 106 valence electrons. The average Bonchev–Trinajstić information content (AvgIpc) is 2.38. The van der Waals surface area contributed by atoms with Crippen molar-refractivity contribution < 1.29 is 17.9 Å². The lowest BCUT2D eigenvalue weighted by Crippen LogP contribution is -2.17. The lowest BCUT2D eigenvalue weighted by Gasteiger charge is -2.10. The molecule has 0 saturated heterocycles. The van der Waals surface area contributed by atoms with Crippen LogP contribution in [0.25, 0.3) is 0 Å². The summed E-state index contributed by atoms with van der Waals surface area (Å²) < 4.78 is 39.8. The number of nitrogens with one attached hydrogen (secondary N) is 1. The van der Waals surface area contributed by atoms with Gasteiger partial charge in [0.05, 0.1) is 0 Å². The second kappa shape index (κ2) is 5.86. The number of anilines is 1. The monoisotopic (exact) mass is 281 g/mol. The third kappa shape index (κ3) is 4.50. The highest BCUT2D eigenvalue weighted by Gasteiger charge is 2.30. The van der Waals surface area contributed by atoms with E-state index in [1.54, 1.807) is 12.1 Å². The first-order chi connectivity index (χ1) is 9.42. The van der Waals surface area contributed by atoms with Crippen LogP contribution in [0.4, 0.5) is 18.9 Å². The predicted octanol–water partition coefficient (Wildman–Crippen LogP) is 4.51. The lowest BCUT2D eigenvalue weighted by molar-refractivity contribution is -0.274. The summed E-state index contributed by atoms with van der Waals surface area (Å²) in [5.74, 6) is -0.211. The number of rotatable bonds is 4. The summed E-state index contributed by atoms with van der Waals surface area (Å²) in [5, 5.41) is 3.19. The molecule has 0 unspecified atom stereocenters. The first-order valence-corrected chi connectivity index (χ1v) is 6.08. The van der Waals surface area contributed by atoms with E-state index in [1.165, 1.54) is 17.7 Å². The first kappa shape index (κ1) is 14.2. The van der Waals surface area contributed by atoms with E-state index in [1.807, 2.05) is 31.2 Å². The molecule has 0 aromatic heterocycles. The van der Waals surface area contributed by atoms with E-state index < -0.39 is 6.36 Å². The predicted molar refractivity (Wildman–Crippen MR) is 71.6 cm³/mol. The maximum Gasteiger partial charge on any atom is 0.573 e. The molecular weight excluding hydrogens is 267 g/mol. The summed E-state index contributed by atoms with van der Waals surface area (Å²) in [4.78, 5) is 0. The highest BCUT2D eigenvalue weighted by molar-refractivity contribution is 5.45. The van der Waals surface area contributed by atoms with Crippen LogP contribution in [-0.4, -0.2) is 6.36 Å². The summed E-state index contributed by atoms with van der Waals surface area (Å²) in [6.45, 7) is 2.54. The van der Waals surface area contributed by atoms with Gasteiger partial charge in [-0.3, -0.25) is 0 Å². The van der Waals surface area contributed by atoms with Gasteiger partial charge in [0.15, 0.2) is 0 Å². The molecule has 0 heterocycles. The zero-order valence-electron chi connectivity index (χ0n) is 10.9. The van der Waals surface area contributed by atoms with Crippen LogP contribution in [0.5, 0.6) is 5.75 Å². The highest BCUT2D eigenvalue weighted by atomic mass is 19.4. The van der Waals surface area contributed by atoms with Crippen molar-refractivity contribution in [2.75, 3.05) is 5.32 Å². The molecule has 0 atom stereocenters. The maximum absolute atomic E-state index is 12.0. The van der Waals surface area contributed by atoms with Crippen molar-refractivity contribution in [3.63, 3.8) is 0 Å². The van der Waals surface area contributed by atoms with Gasteiger partial charge in [-0.2, -0.15) is 0 Å². The van der Waals surface area contributed by atoms with Crippen LogP contribution in [0, 0.1) is 6.92 Å². The van der Waals surface area contributed by atoms with Gasteiger partial charge in [0.2, 0.25) is 0 Å². The van der Waals surface area contributed by atoms with Gasteiger partial charge >= 0.3 is 6.36 Å². The van der Waals surface area contributed by atoms with Gasteiger partial charge in [0.25, 0.3) is 0 Å². The summed E-state index contributed by atoms with van der Waals surface area (Å²) in [5.41, 5.74) is 3.01. The summed E-state index contributed by atoms with van der Waals surface area (Å²) in [6.07, 6.45) is -4.65. The lowest BCUT2D eigenvalue weighted by atomic mass is 10.2. The average molecular weight is 281 g/mol. The number of aryl methyl sites for hydroxylation is 1. The van der Waals surface area contributed by atoms with Crippen molar-refractivity contribution in [3.05, 3.63) is 59.7 Å². The van der Waals surface area contributed by atoms with Gasteiger partial charge < -0.3 is 10.1 Å². The number of ether oxygens (including phenoxy) is 1. The SMILES string of the molecule is Cc1ccc(NCc2ccc(OC(F)(F)F)cc2)cc1. The number of halogens is 3. The van der Waals surface area contributed by atoms with Crippen LogP contribution >= 0.6 is 0 Å². The maximum atomic E-state index is 12.0. The Labute approximate surface area is 115 Å². The fraction of sp³-hybridized carbons (Fsp3) is 0.200. The summed E-state index contributed by atoms with van der Waals surface area (Å²) >= 11 is 0. The Morgan fingerprint density at radius 1 is 0.950 bits per heavy atom. The third-order valence-corrected chi connectivity index (χ3v) is 2.71. The molecule has 0 fully saturated rings. The molecule has 0 amide bonds. The first-order valence-electron chi connectivity index (χ1n) is 6.08. The number of alkyl halides is 3. The van der Waals surface area contributed by atoms with Crippen molar-refractivity contribution in [1.29, 1.82) is 0 Å². The minimum Gasteiger partial charge on any atom is -0.406 e. The van der Waals surface area contributed by atoms with Gasteiger partial charge in [0.1, 0.15) is 5.75 Å². The van der Waals surface area contributed by atoms with E-state index >= 15 is 0 Å². The molecule has 0 radical (unpaired) electrons. The van der Waals surface area contributed by atoms with Crippen molar-refractivity contribution in [1.82, 2.24) is 0 Å². The van der Waals surface area contributed by atoms with Crippen LogP contribution < -0.4 is 10.1 Å². The second-order valence-corrected chi connectivity index (χ2v) is 4.41. The standard InChI is InChI=1S/C15H14F3NO/c1-11-2-6-13(7-3-11)19-10-12-4-8-14(9-5-12)20-15(16,17)18/h2-9,19H,10H2,1H3. The molecule has 0 bridgehead atoms. The second-order valence-electron chi connectivity index (χ2n) is 4.41. The largest absolute Gasteiger partial charge is 0.573 e. The minimum atomic E-state index is -4.65. The molecule has 2 aromatic rings. The fourth-order valence-electron chi connectivity index (χ4n) is 1.68. The Kier molecular flexibility index (Phi) is 4.17. The van der Waals surface area contributed by atoms with Gasteiger partial charge in [0, 0.05) is 12.2 Å². The van der Waals surface area contributed by atoms with E-state index in [0.717, 1.165) is 11.3 Å². The molecule has 2 nitrogen and oxygen atoms in total. The van der Waals surface area contributed by atoms with Crippen molar-refractivity contribution in [2.45, 2.75) is 19.8 Å². The number of hydrogen-bond donors (Lipinski definition) is 1. The van der Waals surface area contributed by atoms with Crippen molar-refractivity contribution >= 4 is 5.69 Å². The Morgan fingerprint density at radius 3 is 2.10 bits per heavy atom. The molecule has 0 aliphatic heterocycles. The third-order valence-electron chi connectivity index (χ3n) is 2.71.